The molecular formula is C22H22Cl2F3N3O3. The van der Waals surface area contributed by atoms with Gasteiger partial charge in [0.05, 0.1) is 21.3 Å². The molecule has 0 radical (unpaired) electrons. The van der Waals surface area contributed by atoms with E-state index in [9.17, 15) is 27.9 Å². The zero-order chi connectivity index (χ0) is 24.7. The Balaban J connectivity index is 2.34. The van der Waals surface area contributed by atoms with Crippen molar-refractivity contribution in [2.75, 3.05) is 31.1 Å². The smallest absolute Gasteiger partial charge is 0.372 e. The van der Waals surface area contributed by atoms with Crippen LogP contribution in [0.3, 0.4) is 0 Å². The first-order chi connectivity index (χ1) is 15.4. The normalized spacial score (nSPS) is 18.2. The second kappa shape index (κ2) is 9.13. The molecule has 33 heavy (non-hydrogen) atoms. The summed E-state index contributed by atoms with van der Waals surface area (Å²) >= 11 is 12.3. The molecule has 2 aromatic carbocycles. The summed E-state index contributed by atoms with van der Waals surface area (Å²) in [6.45, 7) is 5.37. The zero-order valence-electron chi connectivity index (χ0n) is 17.8. The van der Waals surface area contributed by atoms with E-state index >= 15 is 0 Å². The average molecular weight is 504 g/mol. The lowest BCUT2D eigenvalue weighted by molar-refractivity contribution is -0.142. The molecule has 1 atom stereocenters. The summed E-state index contributed by atoms with van der Waals surface area (Å²) in [5.41, 5.74) is -0.560. The van der Waals surface area contributed by atoms with Crippen LogP contribution in [0.1, 0.15) is 40.9 Å². The number of alkyl halides is 3. The van der Waals surface area contributed by atoms with E-state index in [2.05, 4.69) is 0 Å². The molecule has 178 valence electrons. The largest absolute Gasteiger partial charge is 0.416 e. The number of primary amides is 1. The topological polar surface area (TPSA) is 86.9 Å². The highest BCUT2D eigenvalue weighted by Crippen LogP contribution is 2.52. The minimum absolute atomic E-state index is 0.0342. The van der Waals surface area contributed by atoms with Gasteiger partial charge in [-0.25, -0.2) is 0 Å². The molecule has 2 aromatic rings. The number of halogens is 5. The molecule has 0 bridgehead atoms. The number of rotatable bonds is 7. The number of carbonyl (C=O) groups excluding carboxylic acids is 2. The number of aliphatic hydroxyl groups is 1. The number of carbonyl (C=O) groups is 2. The van der Waals surface area contributed by atoms with Gasteiger partial charge in [0.15, 0.2) is 5.60 Å². The van der Waals surface area contributed by atoms with Gasteiger partial charge < -0.3 is 20.6 Å². The van der Waals surface area contributed by atoms with E-state index < -0.39 is 40.3 Å². The van der Waals surface area contributed by atoms with Crippen LogP contribution in [0.5, 0.6) is 0 Å². The molecule has 0 aromatic heterocycles. The number of anilines is 1. The Morgan fingerprint density at radius 1 is 1.21 bits per heavy atom. The van der Waals surface area contributed by atoms with Crippen LogP contribution in [0.2, 0.25) is 10.0 Å². The summed E-state index contributed by atoms with van der Waals surface area (Å²) in [5.74, 6) is -2.13. The molecular weight excluding hydrogens is 482 g/mol. The van der Waals surface area contributed by atoms with Gasteiger partial charge in [-0.05, 0) is 31.3 Å². The molecule has 3 N–H and O–H groups in total. The first-order valence-electron chi connectivity index (χ1n) is 10.1. The summed E-state index contributed by atoms with van der Waals surface area (Å²) in [4.78, 5) is 28.4. The van der Waals surface area contributed by atoms with Crippen LogP contribution >= 0.6 is 23.2 Å². The van der Waals surface area contributed by atoms with E-state index in [0.29, 0.717) is 25.7 Å². The average Bonchev–Trinajstić information content (AvgIpc) is 2.97. The molecule has 1 aliphatic rings. The number of nitrogens with two attached hydrogens (primary N) is 1. The van der Waals surface area contributed by atoms with E-state index in [1.54, 1.807) is 0 Å². The summed E-state index contributed by atoms with van der Waals surface area (Å²) < 4.78 is 42.4. The predicted molar refractivity (Wildman–Crippen MR) is 120 cm³/mol. The molecule has 0 saturated carbocycles. The maximum absolute atomic E-state index is 14.1. The fourth-order valence-corrected chi connectivity index (χ4v) is 4.47. The van der Waals surface area contributed by atoms with Crippen LogP contribution < -0.4 is 10.6 Å². The first kappa shape index (κ1) is 25.3. The number of fused-ring (bicyclic) bond motifs is 1. The minimum Gasteiger partial charge on any atom is -0.372 e. The van der Waals surface area contributed by atoms with Crippen molar-refractivity contribution < 1.29 is 27.9 Å². The predicted octanol–water partition coefficient (Wildman–Crippen LogP) is 4.04. The van der Waals surface area contributed by atoms with Crippen LogP contribution in [-0.2, 0) is 16.6 Å². The lowest BCUT2D eigenvalue weighted by Crippen LogP contribution is -2.44. The number of amides is 2. The number of hydrogen-bond donors (Lipinski definition) is 2. The van der Waals surface area contributed by atoms with Crippen LogP contribution in [-0.4, -0.2) is 48.0 Å². The third-order valence-corrected chi connectivity index (χ3v) is 6.61. The van der Waals surface area contributed by atoms with Gasteiger partial charge in [-0.15, -0.1) is 0 Å². The highest BCUT2D eigenvalue weighted by atomic mass is 35.5. The Hall–Kier alpha value is -2.33. The summed E-state index contributed by atoms with van der Waals surface area (Å²) in [6, 6.07) is 5.62. The molecule has 3 rings (SSSR count). The quantitative estimate of drug-likeness (QED) is 0.596. The Morgan fingerprint density at radius 3 is 2.39 bits per heavy atom. The highest BCUT2D eigenvalue weighted by Gasteiger charge is 2.56. The van der Waals surface area contributed by atoms with E-state index in [1.807, 2.05) is 18.7 Å². The van der Waals surface area contributed by atoms with Crippen molar-refractivity contribution in [3.05, 3.63) is 62.6 Å². The van der Waals surface area contributed by atoms with Crippen molar-refractivity contribution in [1.29, 1.82) is 0 Å². The summed E-state index contributed by atoms with van der Waals surface area (Å²) in [5, 5.41) is 11.4. The van der Waals surface area contributed by atoms with E-state index in [1.165, 1.54) is 18.2 Å². The molecule has 2 amide bonds. The SMILES string of the molecule is CCN(CC)CCN1C(=O)[C@@](O)(c2cccc(Cl)c2Cl)c2c1cc(C(N)=O)cc2C(F)(F)F. The zero-order valence-corrected chi connectivity index (χ0v) is 19.4. The molecule has 0 unspecified atom stereocenters. The van der Waals surface area contributed by atoms with Gasteiger partial charge in [0.2, 0.25) is 5.91 Å². The molecule has 0 fully saturated rings. The molecule has 6 nitrogen and oxygen atoms in total. The second-order valence-electron chi connectivity index (χ2n) is 7.58. The number of hydrogen-bond acceptors (Lipinski definition) is 4. The second-order valence-corrected chi connectivity index (χ2v) is 8.36. The maximum Gasteiger partial charge on any atom is 0.416 e. The van der Waals surface area contributed by atoms with Gasteiger partial charge >= 0.3 is 6.18 Å². The fourth-order valence-electron chi connectivity index (χ4n) is 4.03. The highest BCUT2D eigenvalue weighted by molar-refractivity contribution is 6.42. The standard InChI is InChI=1S/C22H22Cl2F3N3O3/c1-3-29(4-2)8-9-30-16-11-12(19(28)31)10-14(22(25,26)27)17(16)21(33,20(30)32)13-6-5-7-15(23)18(13)24/h5-7,10-11,33H,3-4,8-9H2,1-2H3,(H2,28,31)/t21-/m1/s1. The third-order valence-electron chi connectivity index (χ3n) is 5.79. The molecule has 0 spiro atoms. The van der Waals surface area contributed by atoms with Crippen molar-refractivity contribution >= 4 is 40.7 Å². The molecule has 0 aliphatic carbocycles. The summed E-state index contributed by atoms with van der Waals surface area (Å²) in [7, 11) is 0. The van der Waals surface area contributed by atoms with E-state index in [-0.39, 0.29) is 27.8 Å². The van der Waals surface area contributed by atoms with Crippen molar-refractivity contribution in [3.8, 4) is 0 Å². The Kier molecular flexibility index (Phi) is 7.00. The summed E-state index contributed by atoms with van der Waals surface area (Å²) in [6.07, 6.45) is -5.01. The number of benzene rings is 2. The van der Waals surface area contributed by atoms with Crippen LogP contribution in [0.4, 0.5) is 18.9 Å². The minimum atomic E-state index is -5.01. The molecule has 1 heterocycles. The molecule has 11 heteroatoms. The van der Waals surface area contributed by atoms with E-state index in [0.717, 1.165) is 11.0 Å². The molecule has 0 saturated heterocycles. The Labute approximate surface area is 198 Å². The van der Waals surface area contributed by atoms with Gasteiger partial charge in [-0.1, -0.05) is 49.2 Å². The van der Waals surface area contributed by atoms with Crippen LogP contribution in [0, 0.1) is 0 Å². The van der Waals surface area contributed by atoms with Gasteiger partial charge in [0, 0.05) is 29.8 Å². The maximum atomic E-state index is 14.1. The van der Waals surface area contributed by atoms with Crippen LogP contribution in [0.15, 0.2) is 30.3 Å². The van der Waals surface area contributed by atoms with Gasteiger partial charge in [0.25, 0.3) is 5.91 Å². The molecule has 1 aliphatic heterocycles. The number of nitrogens with zero attached hydrogens (tertiary/aromatic N) is 2. The Morgan fingerprint density at radius 2 is 1.85 bits per heavy atom. The Bertz CT molecular complexity index is 1110. The monoisotopic (exact) mass is 503 g/mol. The van der Waals surface area contributed by atoms with Gasteiger partial charge in [-0.3, -0.25) is 9.59 Å². The lowest BCUT2D eigenvalue weighted by atomic mass is 9.83. The number of likely N-dealkylation sites (N-methyl/N-ethyl adjacent to an activating group) is 1. The van der Waals surface area contributed by atoms with Crippen molar-refractivity contribution in [2.45, 2.75) is 25.6 Å². The van der Waals surface area contributed by atoms with E-state index in [4.69, 9.17) is 28.9 Å². The third kappa shape index (κ3) is 4.30. The van der Waals surface area contributed by atoms with Crippen molar-refractivity contribution in [2.24, 2.45) is 5.73 Å². The van der Waals surface area contributed by atoms with Gasteiger partial charge in [0.1, 0.15) is 0 Å². The lowest BCUT2D eigenvalue weighted by Gasteiger charge is -2.27. The van der Waals surface area contributed by atoms with Crippen LogP contribution in [0.25, 0.3) is 0 Å². The first-order valence-corrected chi connectivity index (χ1v) is 10.9. The van der Waals surface area contributed by atoms with Crippen molar-refractivity contribution in [3.63, 3.8) is 0 Å². The fraction of sp³-hybridized carbons (Fsp3) is 0.364. The van der Waals surface area contributed by atoms with Gasteiger partial charge in [-0.2, -0.15) is 13.2 Å². The van der Waals surface area contributed by atoms with Crippen molar-refractivity contribution in [1.82, 2.24) is 4.90 Å².